The molecule has 0 saturated carbocycles. The fourth-order valence-corrected chi connectivity index (χ4v) is 3.92. The minimum Gasteiger partial charge on any atom is -0.353 e. The Morgan fingerprint density at radius 3 is 2.41 bits per heavy atom. The number of benzene rings is 1. The Labute approximate surface area is 175 Å². The summed E-state index contributed by atoms with van der Waals surface area (Å²) in [5, 5.41) is 2.93. The van der Waals surface area contributed by atoms with E-state index in [2.05, 4.69) is 5.32 Å². The van der Waals surface area contributed by atoms with Gasteiger partial charge in [-0.05, 0) is 37.0 Å². The van der Waals surface area contributed by atoms with Crippen LogP contribution in [0.1, 0.15) is 64.2 Å². The van der Waals surface area contributed by atoms with Gasteiger partial charge in [0.05, 0.1) is 11.1 Å². The van der Waals surface area contributed by atoms with Crippen molar-refractivity contribution in [1.29, 1.82) is 0 Å². The number of amides is 4. The quantitative estimate of drug-likeness (QED) is 0.566. The predicted octanol–water partition coefficient (Wildman–Crippen LogP) is 2.29. The van der Waals surface area contributed by atoms with Crippen LogP contribution < -0.4 is 5.32 Å². The predicted molar refractivity (Wildman–Crippen MR) is 109 cm³/mol. The molecule has 0 spiro atoms. The van der Waals surface area contributed by atoms with Crippen LogP contribution in [0.5, 0.6) is 0 Å². The van der Waals surface area contributed by atoms with E-state index >= 15 is 0 Å². The molecule has 1 aromatic rings. The number of carbonyl (C=O) groups is 4. The zero-order chi connectivity index (χ0) is 21.1. The van der Waals surface area contributed by atoms with Gasteiger partial charge in [-0.15, -0.1) is 11.6 Å². The highest BCUT2D eigenvalue weighted by Crippen LogP contribution is 2.26. The fraction of sp³-hybridized carbons (Fsp3) is 0.524. The summed E-state index contributed by atoms with van der Waals surface area (Å²) in [6, 6.07) is 4.76. The Bertz CT molecular complexity index is 831. The van der Waals surface area contributed by atoms with Gasteiger partial charge in [-0.3, -0.25) is 24.1 Å². The summed E-state index contributed by atoms with van der Waals surface area (Å²) in [4.78, 5) is 52.6. The SMILES string of the molecule is CC(C)CN1C(=O)c2ccc(C(=O)N3CCC(NC(=O)CCCl)CC3)cc2C1=O. The lowest BCUT2D eigenvalue weighted by molar-refractivity contribution is -0.121. The lowest BCUT2D eigenvalue weighted by atomic mass is 10.0. The highest BCUT2D eigenvalue weighted by molar-refractivity contribution is 6.22. The number of alkyl halides is 1. The number of hydrogen-bond acceptors (Lipinski definition) is 4. The van der Waals surface area contributed by atoms with Gasteiger partial charge in [0, 0.05) is 43.5 Å². The van der Waals surface area contributed by atoms with Crippen molar-refractivity contribution in [2.75, 3.05) is 25.5 Å². The first-order chi connectivity index (χ1) is 13.8. The molecule has 156 valence electrons. The van der Waals surface area contributed by atoms with E-state index in [9.17, 15) is 19.2 Å². The van der Waals surface area contributed by atoms with Crippen molar-refractivity contribution in [3.63, 3.8) is 0 Å². The van der Waals surface area contributed by atoms with Gasteiger partial charge in [-0.25, -0.2) is 0 Å². The zero-order valence-electron chi connectivity index (χ0n) is 16.7. The number of nitrogens with one attached hydrogen (secondary N) is 1. The monoisotopic (exact) mass is 419 g/mol. The molecule has 1 fully saturated rings. The van der Waals surface area contributed by atoms with E-state index in [-0.39, 0.29) is 47.9 Å². The van der Waals surface area contributed by atoms with Gasteiger partial charge >= 0.3 is 0 Å². The molecule has 4 amide bonds. The van der Waals surface area contributed by atoms with E-state index in [1.54, 1.807) is 17.0 Å². The zero-order valence-corrected chi connectivity index (χ0v) is 17.5. The summed E-state index contributed by atoms with van der Waals surface area (Å²) in [7, 11) is 0. The van der Waals surface area contributed by atoms with Gasteiger partial charge in [-0.2, -0.15) is 0 Å². The number of fused-ring (bicyclic) bond motifs is 1. The van der Waals surface area contributed by atoms with Crippen molar-refractivity contribution in [2.45, 2.75) is 39.2 Å². The third-order valence-corrected chi connectivity index (χ3v) is 5.42. The molecule has 0 aromatic heterocycles. The Balaban J connectivity index is 1.65. The highest BCUT2D eigenvalue weighted by Gasteiger charge is 2.36. The summed E-state index contributed by atoms with van der Waals surface area (Å²) in [5.74, 6) is -0.416. The number of halogens is 1. The van der Waals surface area contributed by atoms with Gasteiger partial charge in [0.25, 0.3) is 17.7 Å². The molecule has 0 aliphatic carbocycles. The molecule has 0 bridgehead atoms. The number of likely N-dealkylation sites (tertiary alicyclic amines) is 1. The lowest BCUT2D eigenvalue weighted by Gasteiger charge is -2.32. The third-order valence-electron chi connectivity index (χ3n) is 5.23. The first-order valence-corrected chi connectivity index (χ1v) is 10.5. The molecular weight excluding hydrogens is 394 g/mol. The van der Waals surface area contributed by atoms with Crippen LogP contribution >= 0.6 is 11.6 Å². The topological polar surface area (TPSA) is 86.8 Å². The van der Waals surface area contributed by atoms with Crippen molar-refractivity contribution in [1.82, 2.24) is 15.1 Å². The second-order valence-corrected chi connectivity index (χ2v) is 8.33. The molecule has 8 heteroatoms. The number of carbonyl (C=O) groups excluding carboxylic acids is 4. The van der Waals surface area contributed by atoms with Gasteiger partial charge < -0.3 is 10.2 Å². The standard InChI is InChI=1S/C21H26ClN3O4/c1-13(2)12-25-20(28)16-4-3-14(11-17(16)21(25)29)19(27)24-9-6-15(7-10-24)23-18(26)5-8-22/h3-4,11,13,15H,5-10,12H2,1-2H3,(H,23,26). The molecule has 2 aliphatic heterocycles. The van der Waals surface area contributed by atoms with Crippen molar-refractivity contribution in [3.05, 3.63) is 34.9 Å². The van der Waals surface area contributed by atoms with E-state index in [1.165, 1.54) is 11.0 Å². The number of rotatable bonds is 6. The van der Waals surface area contributed by atoms with E-state index in [0.29, 0.717) is 49.2 Å². The summed E-state index contributed by atoms with van der Waals surface area (Å²) in [6.07, 6.45) is 1.63. The fourth-order valence-electron chi connectivity index (χ4n) is 3.75. The maximum atomic E-state index is 12.9. The Hall–Kier alpha value is -2.41. The molecular formula is C21H26ClN3O4. The van der Waals surface area contributed by atoms with Crippen LogP contribution in [-0.4, -0.2) is 65.0 Å². The molecule has 0 radical (unpaired) electrons. The van der Waals surface area contributed by atoms with E-state index in [4.69, 9.17) is 11.6 Å². The number of imide groups is 1. The first-order valence-electron chi connectivity index (χ1n) is 9.96. The van der Waals surface area contributed by atoms with Crippen LogP contribution in [0.3, 0.4) is 0 Å². The van der Waals surface area contributed by atoms with Crippen LogP contribution in [0.4, 0.5) is 0 Å². The Kier molecular flexibility index (Phi) is 6.57. The van der Waals surface area contributed by atoms with Crippen molar-refractivity contribution >= 4 is 35.2 Å². The maximum absolute atomic E-state index is 12.9. The minimum atomic E-state index is -0.339. The lowest BCUT2D eigenvalue weighted by Crippen LogP contribution is -2.46. The molecule has 7 nitrogen and oxygen atoms in total. The summed E-state index contributed by atoms with van der Waals surface area (Å²) < 4.78 is 0. The minimum absolute atomic E-state index is 0.0404. The van der Waals surface area contributed by atoms with Gasteiger partial charge in [0.1, 0.15) is 0 Å². The Morgan fingerprint density at radius 1 is 1.14 bits per heavy atom. The van der Waals surface area contributed by atoms with E-state index in [0.717, 1.165) is 0 Å². The summed E-state index contributed by atoms with van der Waals surface area (Å²) >= 11 is 5.58. The normalized spacial score (nSPS) is 17.1. The number of nitrogens with zero attached hydrogens (tertiary/aromatic N) is 2. The third kappa shape index (κ3) is 4.61. The van der Waals surface area contributed by atoms with Gasteiger partial charge in [-0.1, -0.05) is 13.8 Å². The molecule has 3 rings (SSSR count). The summed E-state index contributed by atoms with van der Waals surface area (Å²) in [5.41, 5.74) is 1.05. The van der Waals surface area contributed by atoms with Gasteiger partial charge in [0.15, 0.2) is 0 Å². The molecule has 0 atom stereocenters. The van der Waals surface area contributed by atoms with E-state index < -0.39 is 0 Å². The second-order valence-electron chi connectivity index (χ2n) is 7.95. The average molecular weight is 420 g/mol. The van der Waals surface area contributed by atoms with Crippen molar-refractivity contribution in [3.8, 4) is 0 Å². The average Bonchev–Trinajstić information content (AvgIpc) is 2.92. The molecule has 1 N–H and O–H groups in total. The van der Waals surface area contributed by atoms with Crippen LogP contribution in [-0.2, 0) is 4.79 Å². The Morgan fingerprint density at radius 2 is 1.79 bits per heavy atom. The van der Waals surface area contributed by atoms with Crippen LogP contribution in [0.25, 0.3) is 0 Å². The van der Waals surface area contributed by atoms with Crippen molar-refractivity contribution in [2.24, 2.45) is 5.92 Å². The molecule has 1 aromatic carbocycles. The van der Waals surface area contributed by atoms with Crippen LogP contribution in [0.15, 0.2) is 18.2 Å². The molecule has 29 heavy (non-hydrogen) atoms. The molecule has 2 heterocycles. The molecule has 0 unspecified atom stereocenters. The number of hydrogen-bond donors (Lipinski definition) is 1. The largest absolute Gasteiger partial charge is 0.353 e. The van der Waals surface area contributed by atoms with Crippen LogP contribution in [0.2, 0.25) is 0 Å². The highest BCUT2D eigenvalue weighted by atomic mass is 35.5. The van der Waals surface area contributed by atoms with E-state index in [1.807, 2.05) is 13.8 Å². The van der Waals surface area contributed by atoms with Gasteiger partial charge in [0.2, 0.25) is 5.91 Å². The maximum Gasteiger partial charge on any atom is 0.261 e. The molecule has 1 saturated heterocycles. The van der Waals surface area contributed by atoms with Crippen LogP contribution in [0, 0.1) is 5.92 Å². The number of piperidine rings is 1. The molecule has 2 aliphatic rings. The first kappa shape index (κ1) is 21.3. The summed E-state index contributed by atoms with van der Waals surface area (Å²) in [6.45, 7) is 5.29. The van der Waals surface area contributed by atoms with Crippen molar-refractivity contribution < 1.29 is 19.2 Å². The second kappa shape index (κ2) is 8.95. The smallest absolute Gasteiger partial charge is 0.261 e.